The Hall–Kier alpha value is -2.14. The van der Waals surface area contributed by atoms with Crippen molar-refractivity contribution in [3.8, 4) is 11.5 Å². The van der Waals surface area contributed by atoms with Crippen LogP contribution >= 0.6 is 11.6 Å². The van der Waals surface area contributed by atoms with Crippen molar-refractivity contribution in [1.82, 2.24) is 0 Å². The number of para-hydroxylation sites is 1. The van der Waals surface area contributed by atoms with E-state index in [-0.39, 0.29) is 22.2 Å². The highest BCUT2D eigenvalue weighted by Crippen LogP contribution is 2.34. The van der Waals surface area contributed by atoms with Crippen LogP contribution in [0.3, 0.4) is 0 Å². The molecular formula is C13H9ClFNO3. The van der Waals surface area contributed by atoms with Crippen molar-refractivity contribution in [2.24, 2.45) is 0 Å². The fourth-order valence-corrected chi connectivity index (χ4v) is 1.77. The Bertz CT molecular complexity index is 646. The van der Waals surface area contributed by atoms with Gasteiger partial charge in [-0.05, 0) is 24.6 Å². The number of hydrogen-bond donors (Lipinski definition) is 0. The van der Waals surface area contributed by atoms with E-state index in [0.717, 1.165) is 0 Å². The molecule has 0 spiro atoms. The fraction of sp³-hybridized carbons (Fsp3) is 0.0769. The Morgan fingerprint density at radius 1 is 1.26 bits per heavy atom. The third kappa shape index (κ3) is 2.82. The minimum atomic E-state index is -0.581. The van der Waals surface area contributed by atoms with Gasteiger partial charge in [0.15, 0.2) is 11.6 Å². The summed E-state index contributed by atoms with van der Waals surface area (Å²) in [5.41, 5.74) is 0.291. The first-order chi connectivity index (χ1) is 8.99. The van der Waals surface area contributed by atoms with Crippen LogP contribution in [0.1, 0.15) is 5.56 Å². The molecule has 0 unspecified atom stereocenters. The number of nitro groups is 1. The molecule has 0 heterocycles. The van der Waals surface area contributed by atoms with Crippen molar-refractivity contribution in [3.05, 3.63) is 62.9 Å². The molecule has 0 atom stereocenters. The molecule has 2 aromatic rings. The summed E-state index contributed by atoms with van der Waals surface area (Å²) in [4.78, 5) is 10.1. The van der Waals surface area contributed by atoms with Gasteiger partial charge in [-0.1, -0.05) is 23.7 Å². The highest BCUT2D eigenvalue weighted by Gasteiger charge is 2.16. The predicted molar refractivity (Wildman–Crippen MR) is 69.3 cm³/mol. The van der Waals surface area contributed by atoms with Crippen LogP contribution in [-0.4, -0.2) is 4.92 Å². The van der Waals surface area contributed by atoms with Crippen LogP contribution < -0.4 is 4.74 Å². The maximum atomic E-state index is 13.4. The molecular weight excluding hydrogens is 273 g/mol. The molecule has 2 aromatic carbocycles. The number of nitro benzene ring substituents is 1. The van der Waals surface area contributed by atoms with Gasteiger partial charge in [0.25, 0.3) is 5.69 Å². The first-order valence-electron chi connectivity index (χ1n) is 5.36. The summed E-state index contributed by atoms with van der Waals surface area (Å²) in [7, 11) is 0. The van der Waals surface area contributed by atoms with Crippen LogP contribution in [0.25, 0.3) is 0 Å². The number of halogens is 2. The first kappa shape index (κ1) is 13.3. The molecule has 0 aliphatic heterocycles. The Kier molecular flexibility index (Phi) is 3.66. The molecule has 2 rings (SSSR count). The van der Waals surface area contributed by atoms with E-state index in [1.807, 2.05) is 0 Å². The van der Waals surface area contributed by atoms with E-state index in [2.05, 4.69) is 0 Å². The van der Waals surface area contributed by atoms with Gasteiger partial charge in [-0.25, -0.2) is 4.39 Å². The van der Waals surface area contributed by atoms with Crippen LogP contribution in [0.2, 0.25) is 5.02 Å². The van der Waals surface area contributed by atoms with Gasteiger partial charge < -0.3 is 4.74 Å². The second-order valence-electron chi connectivity index (χ2n) is 3.86. The summed E-state index contributed by atoms with van der Waals surface area (Å²) >= 11 is 5.79. The highest BCUT2D eigenvalue weighted by molar-refractivity contribution is 6.32. The van der Waals surface area contributed by atoms with E-state index in [4.69, 9.17) is 16.3 Å². The third-order valence-corrected chi connectivity index (χ3v) is 2.80. The summed E-state index contributed by atoms with van der Waals surface area (Å²) in [6, 6.07) is 8.49. The van der Waals surface area contributed by atoms with Gasteiger partial charge in [0.05, 0.1) is 4.92 Å². The van der Waals surface area contributed by atoms with Gasteiger partial charge in [0.2, 0.25) is 0 Å². The average Bonchev–Trinajstić information content (AvgIpc) is 2.35. The molecule has 0 saturated carbocycles. The fourth-order valence-electron chi connectivity index (χ4n) is 1.54. The van der Waals surface area contributed by atoms with E-state index in [9.17, 15) is 14.5 Å². The third-order valence-electron chi connectivity index (χ3n) is 2.50. The minimum Gasteiger partial charge on any atom is -0.454 e. The van der Waals surface area contributed by atoms with E-state index < -0.39 is 10.7 Å². The largest absolute Gasteiger partial charge is 0.454 e. The van der Waals surface area contributed by atoms with Crippen LogP contribution in [-0.2, 0) is 0 Å². The molecule has 98 valence electrons. The Balaban J connectivity index is 2.39. The Morgan fingerprint density at radius 3 is 2.58 bits per heavy atom. The number of hydrogen-bond acceptors (Lipinski definition) is 3. The van der Waals surface area contributed by atoms with Gasteiger partial charge in [-0.2, -0.15) is 0 Å². The van der Waals surface area contributed by atoms with Crippen molar-refractivity contribution >= 4 is 17.3 Å². The summed E-state index contributed by atoms with van der Waals surface area (Å²) in [5.74, 6) is -0.201. The number of rotatable bonds is 3. The van der Waals surface area contributed by atoms with Gasteiger partial charge >= 0.3 is 0 Å². The molecule has 0 fully saturated rings. The van der Waals surface area contributed by atoms with E-state index in [0.29, 0.717) is 5.56 Å². The zero-order chi connectivity index (χ0) is 14.0. The molecule has 19 heavy (non-hydrogen) atoms. The van der Waals surface area contributed by atoms with E-state index >= 15 is 0 Å². The molecule has 0 aliphatic rings. The van der Waals surface area contributed by atoms with Crippen molar-refractivity contribution in [2.75, 3.05) is 0 Å². The molecule has 0 aromatic heterocycles. The maximum Gasteiger partial charge on any atom is 0.288 e. The van der Waals surface area contributed by atoms with Crippen molar-refractivity contribution in [1.29, 1.82) is 0 Å². The lowest BCUT2D eigenvalue weighted by atomic mass is 10.2. The molecule has 0 saturated heterocycles. The lowest BCUT2D eigenvalue weighted by molar-refractivity contribution is -0.384. The van der Waals surface area contributed by atoms with Crippen molar-refractivity contribution < 1.29 is 14.1 Å². The molecule has 0 aliphatic carbocycles. The quantitative estimate of drug-likeness (QED) is 0.615. The molecule has 0 bridgehead atoms. The normalized spacial score (nSPS) is 10.3. The Morgan fingerprint density at radius 2 is 1.95 bits per heavy atom. The molecule has 6 heteroatoms. The van der Waals surface area contributed by atoms with Gasteiger partial charge in [-0.15, -0.1) is 0 Å². The molecule has 4 nitrogen and oxygen atoms in total. The van der Waals surface area contributed by atoms with Crippen LogP contribution in [0.5, 0.6) is 11.5 Å². The Labute approximate surface area is 113 Å². The first-order valence-corrected chi connectivity index (χ1v) is 5.73. The van der Waals surface area contributed by atoms with Gasteiger partial charge in [-0.3, -0.25) is 10.1 Å². The van der Waals surface area contributed by atoms with Crippen LogP contribution in [0.15, 0.2) is 36.4 Å². The average molecular weight is 282 g/mol. The summed E-state index contributed by atoms with van der Waals surface area (Å²) < 4.78 is 18.8. The van der Waals surface area contributed by atoms with Crippen LogP contribution in [0.4, 0.5) is 10.1 Å². The number of aryl methyl sites for hydroxylation is 1. The molecule has 0 radical (unpaired) electrons. The van der Waals surface area contributed by atoms with Crippen molar-refractivity contribution in [2.45, 2.75) is 6.92 Å². The van der Waals surface area contributed by atoms with Crippen molar-refractivity contribution in [3.63, 3.8) is 0 Å². The predicted octanol–water partition coefficient (Wildman–Crippen LogP) is 4.49. The number of ether oxygens (including phenoxy) is 1. The lowest BCUT2D eigenvalue weighted by Crippen LogP contribution is -1.94. The maximum absolute atomic E-state index is 13.4. The monoisotopic (exact) mass is 281 g/mol. The van der Waals surface area contributed by atoms with E-state index in [1.165, 1.54) is 30.3 Å². The number of nitrogens with zero attached hydrogens (tertiary/aromatic N) is 1. The summed E-state index contributed by atoms with van der Waals surface area (Å²) in [5, 5.41) is 10.7. The molecule has 0 N–H and O–H groups in total. The minimum absolute atomic E-state index is 0.0375. The van der Waals surface area contributed by atoms with Gasteiger partial charge in [0, 0.05) is 12.1 Å². The zero-order valence-electron chi connectivity index (χ0n) is 9.89. The number of benzene rings is 2. The van der Waals surface area contributed by atoms with Gasteiger partial charge in [0.1, 0.15) is 10.8 Å². The highest BCUT2D eigenvalue weighted by atomic mass is 35.5. The summed E-state index contributed by atoms with van der Waals surface area (Å²) in [6.45, 7) is 1.62. The second kappa shape index (κ2) is 5.24. The smallest absolute Gasteiger partial charge is 0.288 e. The molecule has 0 amide bonds. The topological polar surface area (TPSA) is 52.4 Å². The van der Waals surface area contributed by atoms with Crippen LogP contribution in [0, 0.1) is 22.9 Å². The second-order valence-corrected chi connectivity index (χ2v) is 4.27. The zero-order valence-corrected chi connectivity index (χ0v) is 10.6. The lowest BCUT2D eigenvalue weighted by Gasteiger charge is -2.09. The summed E-state index contributed by atoms with van der Waals surface area (Å²) in [6.07, 6.45) is 0. The standard InChI is InChI=1S/C13H9ClFNO3/c1-8-6-11(16(17)18)9(14)7-13(8)19-12-5-3-2-4-10(12)15/h2-7H,1H3. The van der Waals surface area contributed by atoms with E-state index in [1.54, 1.807) is 13.0 Å². The SMILES string of the molecule is Cc1cc([N+](=O)[O-])c(Cl)cc1Oc1ccccc1F.